The zero-order valence-electron chi connectivity index (χ0n) is 11.4. The van der Waals surface area contributed by atoms with Gasteiger partial charge < -0.3 is 9.84 Å². The fourth-order valence-corrected chi connectivity index (χ4v) is 3.28. The van der Waals surface area contributed by atoms with Crippen LogP contribution in [0.4, 0.5) is 11.6 Å². The molecule has 9 heteroatoms. The maximum Gasteiger partial charge on any atom is 0.282 e. The van der Waals surface area contributed by atoms with E-state index < -0.39 is 10.0 Å². The van der Waals surface area contributed by atoms with Crippen molar-refractivity contribution in [2.45, 2.75) is 11.9 Å². The lowest BCUT2D eigenvalue weighted by molar-refractivity contribution is 0.400. The molecule has 21 heavy (non-hydrogen) atoms. The van der Waals surface area contributed by atoms with Gasteiger partial charge in [0.25, 0.3) is 10.0 Å². The molecule has 0 bridgehead atoms. The summed E-state index contributed by atoms with van der Waals surface area (Å²) in [7, 11) is -2.25. The van der Waals surface area contributed by atoms with Crippen molar-refractivity contribution >= 4 is 27.3 Å². The van der Waals surface area contributed by atoms with E-state index in [1.54, 1.807) is 38.4 Å². The van der Waals surface area contributed by atoms with Gasteiger partial charge in [0.1, 0.15) is 11.4 Å². The lowest BCUT2D eigenvalue weighted by Gasteiger charge is -2.06. The van der Waals surface area contributed by atoms with E-state index in [9.17, 15) is 8.42 Å². The molecule has 0 radical (unpaired) electrons. The van der Waals surface area contributed by atoms with Crippen molar-refractivity contribution < 1.29 is 12.9 Å². The number of nitrogens with one attached hydrogen (secondary N) is 2. The summed E-state index contributed by atoms with van der Waals surface area (Å²) >= 11 is 0. The summed E-state index contributed by atoms with van der Waals surface area (Å²) in [4.78, 5) is 4.23. The highest BCUT2D eigenvalue weighted by Gasteiger charge is 2.25. The first-order valence-electron chi connectivity index (χ1n) is 6.12. The van der Waals surface area contributed by atoms with Gasteiger partial charge in [-0.15, -0.1) is 0 Å². The van der Waals surface area contributed by atoms with Crippen molar-refractivity contribution in [3.8, 4) is 0 Å². The van der Waals surface area contributed by atoms with E-state index in [2.05, 4.69) is 20.2 Å². The Balaban J connectivity index is 2.13. The number of sulfonamides is 1. The summed E-state index contributed by atoms with van der Waals surface area (Å²) in [5.41, 5.74) is 0.526. The molecular formula is C12H13N5O3S. The number of nitrogens with zero attached hydrogens (tertiary/aromatic N) is 3. The third kappa shape index (κ3) is 2.31. The van der Waals surface area contributed by atoms with Crippen molar-refractivity contribution in [2.24, 2.45) is 0 Å². The van der Waals surface area contributed by atoms with Crippen LogP contribution in [0, 0.1) is 6.92 Å². The fourth-order valence-electron chi connectivity index (χ4n) is 1.99. The molecule has 0 amide bonds. The van der Waals surface area contributed by atoms with Gasteiger partial charge in [-0.1, -0.05) is 11.2 Å². The van der Waals surface area contributed by atoms with Crippen LogP contribution in [0.2, 0.25) is 0 Å². The predicted molar refractivity (Wildman–Crippen MR) is 76.8 cm³/mol. The molecule has 0 saturated heterocycles. The van der Waals surface area contributed by atoms with Gasteiger partial charge in [-0.2, -0.15) is 8.42 Å². The van der Waals surface area contributed by atoms with Crippen LogP contribution in [0.3, 0.4) is 0 Å². The standard InChI is InChI=1S/C12H13N5O3S/c1-8-7-9(15-20-8)16-21(18,19)12-11(13-2)14-10-5-3-4-6-17(10)12/h3-7,13H,1-2H3,(H,15,16). The Morgan fingerprint density at radius 3 is 2.81 bits per heavy atom. The molecule has 0 aromatic carbocycles. The highest BCUT2D eigenvalue weighted by atomic mass is 32.2. The van der Waals surface area contributed by atoms with Gasteiger partial charge >= 0.3 is 0 Å². The second-order valence-electron chi connectivity index (χ2n) is 4.37. The number of aryl methyl sites for hydroxylation is 1. The van der Waals surface area contributed by atoms with Gasteiger partial charge in [-0.05, 0) is 19.1 Å². The first kappa shape index (κ1) is 13.4. The molecule has 8 nitrogen and oxygen atoms in total. The second-order valence-corrected chi connectivity index (χ2v) is 5.97. The van der Waals surface area contributed by atoms with Crippen molar-refractivity contribution in [1.29, 1.82) is 0 Å². The average molecular weight is 307 g/mol. The summed E-state index contributed by atoms with van der Waals surface area (Å²) < 4.78 is 33.9. The molecule has 2 N–H and O–H groups in total. The fraction of sp³-hybridized carbons (Fsp3) is 0.167. The Labute approximate surface area is 120 Å². The highest BCUT2D eigenvalue weighted by molar-refractivity contribution is 7.92. The van der Waals surface area contributed by atoms with Gasteiger partial charge in [-0.25, -0.2) is 4.98 Å². The number of pyridine rings is 1. The molecule has 3 heterocycles. The summed E-state index contributed by atoms with van der Waals surface area (Å²) in [6, 6.07) is 6.74. The third-order valence-corrected chi connectivity index (χ3v) is 4.22. The number of imidazole rings is 1. The lowest BCUT2D eigenvalue weighted by Crippen LogP contribution is -2.16. The maximum atomic E-state index is 12.6. The molecule has 0 saturated carbocycles. The minimum atomic E-state index is -3.86. The number of anilines is 2. The molecule has 3 aromatic rings. The zero-order chi connectivity index (χ0) is 15.0. The summed E-state index contributed by atoms with van der Waals surface area (Å²) in [6.45, 7) is 1.68. The molecule has 0 atom stereocenters. The van der Waals surface area contributed by atoms with E-state index in [0.29, 0.717) is 11.4 Å². The van der Waals surface area contributed by atoms with Gasteiger partial charge in [0.2, 0.25) is 5.03 Å². The minimum absolute atomic E-state index is 0.0150. The number of hydrogen-bond acceptors (Lipinski definition) is 6. The third-order valence-electron chi connectivity index (χ3n) is 2.84. The van der Waals surface area contributed by atoms with Crippen molar-refractivity contribution in [1.82, 2.24) is 14.5 Å². The van der Waals surface area contributed by atoms with Crippen molar-refractivity contribution in [3.05, 3.63) is 36.2 Å². The van der Waals surface area contributed by atoms with Crippen molar-refractivity contribution in [3.63, 3.8) is 0 Å². The van der Waals surface area contributed by atoms with Crippen LogP contribution in [-0.2, 0) is 10.0 Å². The number of aromatic nitrogens is 3. The van der Waals surface area contributed by atoms with Crippen LogP contribution < -0.4 is 10.0 Å². The molecule has 0 unspecified atom stereocenters. The molecule has 0 spiro atoms. The SMILES string of the molecule is CNc1nc2ccccn2c1S(=O)(=O)Nc1cc(C)on1. The lowest BCUT2D eigenvalue weighted by atomic mass is 10.5. The Morgan fingerprint density at radius 1 is 1.33 bits per heavy atom. The summed E-state index contributed by atoms with van der Waals surface area (Å²) in [5, 5.41) is 6.43. The number of rotatable bonds is 4. The Bertz CT molecular complexity index is 897. The molecule has 3 rings (SSSR count). The molecule has 110 valence electrons. The topological polar surface area (TPSA) is 102 Å². The first-order valence-corrected chi connectivity index (χ1v) is 7.60. The van der Waals surface area contributed by atoms with E-state index in [1.165, 1.54) is 10.5 Å². The van der Waals surface area contributed by atoms with Gasteiger partial charge in [0.05, 0.1) is 0 Å². The molecule has 0 fully saturated rings. The predicted octanol–water partition coefficient (Wildman–Crippen LogP) is 1.47. The van der Waals surface area contributed by atoms with E-state index in [-0.39, 0.29) is 16.7 Å². The quantitative estimate of drug-likeness (QED) is 0.757. The zero-order valence-corrected chi connectivity index (χ0v) is 12.2. The van der Waals surface area contributed by atoms with Gasteiger partial charge in [0.15, 0.2) is 11.6 Å². The monoisotopic (exact) mass is 307 g/mol. The minimum Gasteiger partial charge on any atom is -0.371 e. The first-order chi connectivity index (χ1) is 10.0. The van der Waals surface area contributed by atoms with Crippen LogP contribution in [0.15, 0.2) is 40.0 Å². The Kier molecular flexibility index (Phi) is 3.05. The molecule has 0 aliphatic heterocycles. The van der Waals surface area contributed by atoms with Crippen molar-refractivity contribution in [2.75, 3.05) is 17.1 Å². The van der Waals surface area contributed by atoms with Crippen LogP contribution in [0.1, 0.15) is 5.76 Å². The molecule has 0 aliphatic carbocycles. The van der Waals surface area contributed by atoms with E-state index in [1.807, 2.05) is 0 Å². The summed E-state index contributed by atoms with van der Waals surface area (Å²) in [6.07, 6.45) is 1.63. The smallest absolute Gasteiger partial charge is 0.282 e. The molecular weight excluding hydrogens is 294 g/mol. The van der Waals surface area contributed by atoms with Crippen LogP contribution in [-0.4, -0.2) is 30.0 Å². The van der Waals surface area contributed by atoms with Gasteiger partial charge in [-0.3, -0.25) is 9.12 Å². The number of hydrogen-bond donors (Lipinski definition) is 2. The second kappa shape index (κ2) is 4.77. The van der Waals surface area contributed by atoms with Crippen LogP contribution in [0.25, 0.3) is 5.65 Å². The Hall–Kier alpha value is -2.55. The van der Waals surface area contributed by atoms with E-state index in [4.69, 9.17) is 4.52 Å². The van der Waals surface area contributed by atoms with E-state index >= 15 is 0 Å². The normalized spacial score (nSPS) is 11.7. The molecule has 3 aromatic heterocycles. The van der Waals surface area contributed by atoms with Crippen LogP contribution in [0.5, 0.6) is 0 Å². The number of fused-ring (bicyclic) bond motifs is 1. The largest absolute Gasteiger partial charge is 0.371 e. The maximum absolute atomic E-state index is 12.6. The average Bonchev–Trinajstić information content (AvgIpc) is 3.01. The summed E-state index contributed by atoms with van der Waals surface area (Å²) in [5.74, 6) is 0.897. The van der Waals surface area contributed by atoms with Gasteiger partial charge in [0, 0.05) is 19.3 Å². The highest BCUT2D eigenvalue weighted by Crippen LogP contribution is 2.24. The van der Waals surface area contributed by atoms with Crippen LogP contribution >= 0.6 is 0 Å². The Morgan fingerprint density at radius 2 is 2.14 bits per heavy atom. The molecule has 0 aliphatic rings. The van der Waals surface area contributed by atoms with E-state index in [0.717, 1.165) is 0 Å².